The summed E-state index contributed by atoms with van der Waals surface area (Å²) in [5.41, 5.74) is 1.52. The van der Waals surface area contributed by atoms with Crippen LogP contribution in [0.25, 0.3) is 10.9 Å². The van der Waals surface area contributed by atoms with Gasteiger partial charge in [-0.2, -0.15) is 0 Å². The second-order valence-corrected chi connectivity index (χ2v) is 7.81. The Labute approximate surface area is 159 Å². The van der Waals surface area contributed by atoms with Crippen molar-refractivity contribution in [2.75, 3.05) is 0 Å². The van der Waals surface area contributed by atoms with Crippen LogP contribution in [0.4, 0.5) is 4.39 Å². The standard InChI is InChI=1S/C23H25FN2O/c1-16(2)13-23(3,14-17-8-5-4-6-9-17)26-22(27)19-12-18-10-7-11-20(24)21(18)25-15-19/h4-12,15-16H,13-14H2,1-3H3,(H,26,27). The fourth-order valence-electron chi connectivity index (χ4n) is 3.71. The molecule has 4 heteroatoms. The molecule has 1 N–H and O–H groups in total. The van der Waals surface area contributed by atoms with Crippen LogP contribution in [0.3, 0.4) is 0 Å². The van der Waals surface area contributed by atoms with E-state index in [0.29, 0.717) is 16.9 Å². The maximum absolute atomic E-state index is 13.8. The first kappa shape index (κ1) is 19.0. The van der Waals surface area contributed by atoms with Gasteiger partial charge in [-0.05, 0) is 43.4 Å². The van der Waals surface area contributed by atoms with Gasteiger partial charge in [0.1, 0.15) is 11.3 Å². The van der Waals surface area contributed by atoms with Gasteiger partial charge in [0.05, 0.1) is 5.56 Å². The molecule has 0 aliphatic rings. The lowest BCUT2D eigenvalue weighted by Gasteiger charge is -2.33. The predicted molar refractivity (Wildman–Crippen MR) is 107 cm³/mol. The van der Waals surface area contributed by atoms with E-state index in [2.05, 4.69) is 43.2 Å². The van der Waals surface area contributed by atoms with E-state index in [1.807, 2.05) is 18.2 Å². The molecule has 0 aliphatic heterocycles. The van der Waals surface area contributed by atoms with Crippen LogP contribution < -0.4 is 5.32 Å². The van der Waals surface area contributed by atoms with Crippen LogP contribution in [-0.2, 0) is 6.42 Å². The lowest BCUT2D eigenvalue weighted by atomic mass is 9.84. The Bertz CT molecular complexity index is 940. The number of pyridine rings is 1. The lowest BCUT2D eigenvalue weighted by Crippen LogP contribution is -2.48. The number of hydrogen-bond acceptors (Lipinski definition) is 2. The van der Waals surface area contributed by atoms with Gasteiger partial charge < -0.3 is 5.32 Å². The number of nitrogens with zero attached hydrogens (tertiary/aromatic N) is 1. The number of fused-ring (bicyclic) bond motifs is 1. The van der Waals surface area contributed by atoms with Crippen LogP contribution in [0.5, 0.6) is 0 Å². The molecule has 0 saturated heterocycles. The van der Waals surface area contributed by atoms with Crippen LogP contribution in [0.2, 0.25) is 0 Å². The number of carbonyl (C=O) groups is 1. The number of carbonyl (C=O) groups excluding carboxylic acids is 1. The van der Waals surface area contributed by atoms with Crippen LogP contribution in [0.15, 0.2) is 60.8 Å². The molecule has 140 valence electrons. The zero-order valence-corrected chi connectivity index (χ0v) is 16.0. The van der Waals surface area contributed by atoms with Gasteiger partial charge in [0.2, 0.25) is 0 Å². The largest absolute Gasteiger partial charge is 0.346 e. The SMILES string of the molecule is CC(C)CC(C)(Cc1ccccc1)NC(=O)c1cnc2c(F)cccc2c1. The summed E-state index contributed by atoms with van der Waals surface area (Å²) < 4.78 is 13.8. The van der Waals surface area contributed by atoms with Gasteiger partial charge >= 0.3 is 0 Å². The van der Waals surface area contributed by atoms with Crippen molar-refractivity contribution in [1.29, 1.82) is 0 Å². The Hall–Kier alpha value is -2.75. The smallest absolute Gasteiger partial charge is 0.253 e. The number of benzene rings is 2. The van der Waals surface area contributed by atoms with E-state index < -0.39 is 0 Å². The Kier molecular flexibility index (Phi) is 5.54. The zero-order chi connectivity index (χ0) is 19.4. The quantitative estimate of drug-likeness (QED) is 0.657. The zero-order valence-electron chi connectivity index (χ0n) is 16.0. The summed E-state index contributed by atoms with van der Waals surface area (Å²) in [6.45, 7) is 6.37. The molecule has 0 radical (unpaired) electrons. The van der Waals surface area contributed by atoms with Crippen LogP contribution >= 0.6 is 0 Å². The first-order chi connectivity index (χ1) is 12.9. The number of rotatable bonds is 6. The third kappa shape index (κ3) is 4.70. The van der Waals surface area contributed by atoms with Crippen molar-refractivity contribution in [3.05, 3.63) is 77.7 Å². The molecule has 3 rings (SSSR count). The Morgan fingerprint density at radius 2 is 1.89 bits per heavy atom. The summed E-state index contributed by atoms with van der Waals surface area (Å²) in [6, 6.07) is 16.6. The molecule has 0 fully saturated rings. The Balaban J connectivity index is 1.85. The summed E-state index contributed by atoms with van der Waals surface area (Å²) in [7, 11) is 0. The minimum absolute atomic E-state index is 0.187. The molecule has 0 saturated carbocycles. The molecule has 1 unspecified atom stereocenters. The number of para-hydroxylation sites is 1. The van der Waals surface area contributed by atoms with Crippen molar-refractivity contribution in [2.24, 2.45) is 5.92 Å². The maximum atomic E-state index is 13.8. The summed E-state index contributed by atoms with van der Waals surface area (Å²) in [5.74, 6) is -0.135. The molecule has 1 atom stereocenters. The van der Waals surface area contributed by atoms with Crippen molar-refractivity contribution in [2.45, 2.75) is 39.2 Å². The molecule has 0 aliphatic carbocycles. The molecule has 1 heterocycles. The second-order valence-electron chi connectivity index (χ2n) is 7.81. The molecular weight excluding hydrogens is 339 g/mol. The number of aromatic nitrogens is 1. The maximum Gasteiger partial charge on any atom is 0.253 e. The van der Waals surface area contributed by atoms with E-state index in [1.165, 1.54) is 17.8 Å². The first-order valence-corrected chi connectivity index (χ1v) is 9.27. The fraction of sp³-hybridized carbons (Fsp3) is 0.304. The topological polar surface area (TPSA) is 42.0 Å². The number of halogens is 1. The van der Waals surface area contributed by atoms with Gasteiger partial charge in [-0.25, -0.2) is 4.39 Å². The predicted octanol–water partition coefficient (Wildman–Crippen LogP) is 5.15. The van der Waals surface area contributed by atoms with Crippen molar-refractivity contribution in [1.82, 2.24) is 10.3 Å². The van der Waals surface area contributed by atoms with Gasteiger partial charge in [0.25, 0.3) is 5.91 Å². The average molecular weight is 364 g/mol. The van der Waals surface area contributed by atoms with Gasteiger partial charge in [-0.15, -0.1) is 0 Å². The fourth-order valence-corrected chi connectivity index (χ4v) is 3.71. The number of amides is 1. The molecule has 3 aromatic rings. The first-order valence-electron chi connectivity index (χ1n) is 9.27. The van der Waals surface area contributed by atoms with Crippen LogP contribution in [0.1, 0.15) is 43.1 Å². The van der Waals surface area contributed by atoms with E-state index in [4.69, 9.17) is 0 Å². The molecule has 3 nitrogen and oxygen atoms in total. The van der Waals surface area contributed by atoms with Gasteiger partial charge in [0.15, 0.2) is 0 Å². The van der Waals surface area contributed by atoms with Gasteiger partial charge in [-0.3, -0.25) is 9.78 Å². The average Bonchev–Trinajstić information content (AvgIpc) is 2.61. The highest BCUT2D eigenvalue weighted by molar-refractivity contribution is 5.97. The molecule has 2 aromatic carbocycles. The highest BCUT2D eigenvalue weighted by Gasteiger charge is 2.28. The van der Waals surface area contributed by atoms with Crippen molar-refractivity contribution < 1.29 is 9.18 Å². The molecule has 27 heavy (non-hydrogen) atoms. The number of nitrogens with one attached hydrogen (secondary N) is 1. The van der Waals surface area contributed by atoms with Crippen LogP contribution in [0, 0.1) is 11.7 Å². The van der Waals surface area contributed by atoms with E-state index in [0.717, 1.165) is 12.8 Å². The third-order valence-electron chi connectivity index (χ3n) is 4.64. The minimum Gasteiger partial charge on any atom is -0.346 e. The normalized spacial score (nSPS) is 13.5. The Morgan fingerprint density at radius 3 is 2.59 bits per heavy atom. The molecular formula is C23H25FN2O. The van der Waals surface area contributed by atoms with Gasteiger partial charge in [-0.1, -0.05) is 56.3 Å². The van der Waals surface area contributed by atoms with E-state index in [9.17, 15) is 9.18 Å². The summed E-state index contributed by atoms with van der Waals surface area (Å²) in [6.07, 6.45) is 3.04. The summed E-state index contributed by atoms with van der Waals surface area (Å²) in [4.78, 5) is 17.1. The van der Waals surface area contributed by atoms with Crippen molar-refractivity contribution in [3.63, 3.8) is 0 Å². The highest BCUT2D eigenvalue weighted by Crippen LogP contribution is 2.23. The third-order valence-corrected chi connectivity index (χ3v) is 4.64. The van der Waals surface area contributed by atoms with E-state index >= 15 is 0 Å². The minimum atomic E-state index is -0.385. The van der Waals surface area contributed by atoms with E-state index in [1.54, 1.807) is 18.2 Å². The summed E-state index contributed by atoms with van der Waals surface area (Å²) in [5, 5.41) is 3.82. The Morgan fingerprint density at radius 1 is 1.15 bits per heavy atom. The molecule has 0 bridgehead atoms. The van der Waals surface area contributed by atoms with E-state index in [-0.39, 0.29) is 22.8 Å². The lowest BCUT2D eigenvalue weighted by molar-refractivity contribution is 0.0894. The summed E-state index contributed by atoms with van der Waals surface area (Å²) >= 11 is 0. The van der Waals surface area contributed by atoms with Crippen molar-refractivity contribution in [3.8, 4) is 0 Å². The van der Waals surface area contributed by atoms with Crippen LogP contribution in [-0.4, -0.2) is 16.4 Å². The van der Waals surface area contributed by atoms with Crippen molar-refractivity contribution >= 4 is 16.8 Å². The molecule has 1 aromatic heterocycles. The molecule has 0 spiro atoms. The number of hydrogen-bond donors (Lipinski definition) is 1. The second kappa shape index (κ2) is 7.87. The highest BCUT2D eigenvalue weighted by atomic mass is 19.1. The monoisotopic (exact) mass is 364 g/mol. The van der Waals surface area contributed by atoms with Gasteiger partial charge in [0, 0.05) is 17.1 Å². The molecule has 1 amide bonds.